The molecule has 27 heavy (non-hydrogen) atoms. The van der Waals surface area contributed by atoms with E-state index in [2.05, 4.69) is 5.32 Å². The summed E-state index contributed by atoms with van der Waals surface area (Å²) in [6.45, 7) is -1.15. The minimum Gasteiger partial charge on any atom is -0.482 e. The molecule has 9 heteroatoms. The van der Waals surface area contributed by atoms with Gasteiger partial charge in [0.2, 0.25) is 0 Å². The molecule has 2 rings (SSSR count). The number of hydrogen-bond donors (Lipinski definition) is 1. The highest BCUT2D eigenvalue weighted by Crippen LogP contribution is 2.31. The van der Waals surface area contributed by atoms with E-state index >= 15 is 0 Å². The van der Waals surface area contributed by atoms with Gasteiger partial charge in [-0.05, 0) is 36.6 Å². The number of thioether (sulfide) groups is 1. The number of rotatable bonds is 7. The smallest absolute Gasteiger partial charge is 0.416 e. The molecule has 0 aliphatic rings. The molecule has 0 aromatic heterocycles. The zero-order chi connectivity index (χ0) is 19.9. The Morgan fingerprint density at radius 2 is 1.81 bits per heavy atom. The summed E-state index contributed by atoms with van der Waals surface area (Å²) in [5.74, 6) is -1.54. The third-order valence-corrected chi connectivity index (χ3v) is 4.06. The largest absolute Gasteiger partial charge is 0.482 e. The first-order chi connectivity index (χ1) is 12.8. The fraction of sp³-hybridized carbons (Fsp3) is 0.222. The topological polar surface area (TPSA) is 64.6 Å². The summed E-state index contributed by atoms with van der Waals surface area (Å²) >= 11 is 1.45. The van der Waals surface area contributed by atoms with Crippen molar-refractivity contribution >= 4 is 29.3 Å². The van der Waals surface area contributed by atoms with Crippen molar-refractivity contribution in [2.24, 2.45) is 0 Å². The first-order valence-electron chi connectivity index (χ1n) is 7.68. The van der Waals surface area contributed by atoms with E-state index in [1.807, 2.05) is 18.4 Å². The zero-order valence-electron chi connectivity index (χ0n) is 14.2. The van der Waals surface area contributed by atoms with Gasteiger partial charge in [-0.2, -0.15) is 13.2 Å². The van der Waals surface area contributed by atoms with Crippen LogP contribution in [-0.4, -0.2) is 31.3 Å². The lowest BCUT2D eigenvalue weighted by Gasteiger charge is -2.11. The third-order valence-electron chi connectivity index (χ3n) is 3.26. The predicted octanol–water partition coefficient (Wildman–Crippen LogP) is 3.99. The average Bonchev–Trinajstić information content (AvgIpc) is 2.64. The molecule has 0 atom stereocenters. The maximum absolute atomic E-state index is 12.6. The lowest BCUT2D eigenvalue weighted by Crippen LogP contribution is -2.23. The van der Waals surface area contributed by atoms with Crippen molar-refractivity contribution < 1.29 is 32.2 Å². The monoisotopic (exact) mass is 399 g/mol. The summed E-state index contributed by atoms with van der Waals surface area (Å²) < 4.78 is 47.6. The van der Waals surface area contributed by atoms with Crippen molar-refractivity contribution in [2.75, 3.05) is 24.8 Å². The Bertz CT molecular complexity index is 811. The number of anilines is 1. The maximum atomic E-state index is 12.6. The summed E-state index contributed by atoms with van der Waals surface area (Å²) in [5.41, 5.74) is -0.300. The number of ether oxygens (including phenoxy) is 2. The molecule has 2 aromatic rings. The van der Waals surface area contributed by atoms with E-state index in [1.165, 1.54) is 23.9 Å². The van der Waals surface area contributed by atoms with Crippen LogP contribution in [0.2, 0.25) is 0 Å². The minimum atomic E-state index is -4.51. The molecule has 0 spiro atoms. The molecule has 1 N–H and O–H groups in total. The summed E-state index contributed by atoms with van der Waals surface area (Å²) in [6.07, 6.45) is -2.65. The number of halogens is 3. The predicted molar refractivity (Wildman–Crippen MR) is 94.8 cm³/mol. The van der Waals surface area contributed by atoms with Gasteiger partial charge in [0, 0.05) is 4.90 Å². The van der Waals surface area contributed by atoms with Crippen LogP contribution in [0.3, 0.4) is 0 Å². The van der Waals surface area contributed by atoms with E-state index in [4.69, 9.17) is 9.47 Å². The van der Waals surface area contributed by atoms with Crippen LogP contribution in [-0.2, 0) is 20.5 Å². The van der Waals surface area contributed by atoms with Crippen LogP contribution in [0.4, 0.5) is 18.9 Å². The van der Waals surface area contributed by atoms with Crippen LogP contribution >= 0.6 is 11.8 Å². The van der Waals surface area contributed by atoms with Crippen LogP contribution in [0.1, 0.15) is 5.56 Å². The molecular formula is C18H16F3NO4S. The number of nitrogens with one attached hydrogen (secondary N) is 1. The minimum absolute atomic E-state index is 0.125. The van der Waals surface area contributed by atoms with Gasteiger partial charge in [-0.1, -0.05) is 18.2 Å². The molecule has 144 valence electrons. The summed E-state index contributed by atoms with van der Waals surface area (Å²) in [4.78, 5) is 24.3. The summed E-state index contributed by atoms with van der Waals surface area (Å²) in [5, 5.41) is 2.61. The van der Waals surface area contributed by atoms with E-state index in [0.29, 0.717) is 5.69 Å². The molecule has 2 aromatic carbocycles. The van der Waals surface area contributed by atoms with Gasteiger partial charge in [-0.3, -0.25) is 4.79 Å². The van der Waals surface area contributed by atoms with Crippen LogP contribution in [0, 0.1) is 0 Å². The fourth-order valence-corrected chi connectivity index (χ4v) is 2.58. The van der Waals surface area contributed by atoms with Crippen molar-refractivity contribution in [1.82, 2.24) is 0 Å². The Morgan fingerprint density at radius 3 is 2.52 bits per heavy atom. The standard InChI is InChI=1S/C18H16F3NO4S/c1-27-15-8-3-2-7-14(15)22-16(23)10-26-17(24)11-25-13-6-4-5-12(9-13)18(19,20)21/h2-9H,10-11H2,1H3,(H,22,23). The van der Waals surface area contributed by atoms with Crippen molar-refractivity contribution in [3.8, 4) is 5.75 Å². The fourth-order valence-electron chi connectivity index (χ4n) is 2.03. The first-order valence-corrected chi connectivity index (χ1v) is 8.90. The Hall–Kier alpha value is -2.68. The van der Waals surface area contributed by atoms with Gasteiger partial charge in [0.05, 0.1) is 11.3 Å². The number of hydrogen-bond acceptors (Lipinski definition) is 5. The highest BCUT2D eigenvalue weighted by Gasteiger charge is 2.30. The van der Waals surface area contributed by atoms with Crippen LogP contribution in [0.25, 0.3) is 0 Å². The number of carbonyl (C=O) groups is 2. The molecule has 0 bridgehead atoms. The highest BCUT2D eigenvalue weighted by atomic mass is 32.2. The Labute approximate surface area is 157 Å². The van der Waals surface area contributed by atoms with Crippen molar-refractivity contribution in [1.29, 1.82) is 0 Å². The van der Waals surface area contributed by atoms with Gasteiger partial charge in [0.1, 0.15) is 5.75 Å². The molecule has 0 fully saturated rings. The van der Waals surface area contributed by atoms with Gasteiger partial charge < -0.3 is 14.8 Å². The maximum Gasteiger partial charge on any atom is 0.416 e. The Morgan fingerprint density at radius 1 is 1.07 bits per heavy atom. The molecule has 0 aliphatic carbocycles. The normalized spacial score (nSPS) is 11.0. The summed E-state index contributed by atoms with van der Waals surface area (Å²) in [6, 6.07) is 11.2. The van der Waals surface area contributed by atoms with E-state index in [1.54, 1.807) is 12.1 Å². The van der Waals surface area contributed by atoms with E-state index in [0.717, 1.165) is 17.0 Å². The second-order valence-electron chi connectivity index (χ2n) is 5.22. The summed E-state index contributed by atoms with van der Waals surface area (Å²) in [7, 11) is 0. The van der Waals surface area contributed by atoms with E-state index in [-0.39, 0.29) is 5.75 Å². The molecule has 0 unspecified atom stereocenters. The van der Waals surface area contributed by atoms with E-state index in [9.17, 15) is 22.8 Å². The van der Waals surface area contributed by atoms with Gasteiger partial charge in [-0.15, -0.1) is 11.8 Å². The zero-order valence-corrected chi connectivity index (χ0v) is 15.0. The number of amides is 1. The first kappa shape index (κ1) is 20.6. The molecule has 0 saturated carbocycles. The third kappa shape index (κ3) is 6.52. The van der Waals surface area contributed by atoms with Gasteiger partial charge >= 0.3 is 12.1 Å². The molecule has 0 aliphatic heterocycles. The lowest BCUT2D eigenvalue weighted by molar-refractivity contribution is -0.149. The number of carbonyl (C=O) groups excluding carboxylic acids is 2. The SMILES string of the molecule is CSc1ccccc1NC(=O)COC(=O)COc1cccc(C(F)(F)F)c1. The molecule has 0 saturated heterocycles. The van der Waals surface area contributed by atoms with Crippen LogP contribution < -0.4 is 10.1 Å². The van der Waals surface area contributed by atoms with Crippen LogP contribution in [0.5, 0.6) is 5.75 Å². The van der Waals surface area contributed by atoms with Crippen molar-refractivity contribution in [3.05, 3.63) is 54.1 Å². The van der Waals surface area contributed by atoms with Gasteiger partial charge in [-0.25, -0.2) is 4.79 Å². The Kier molecular flexibility index (Phi) is 7.12. The number of alkyl halides is 3. The molecule has 0 radical (unpaired) electrons. The second kappa shape index (κ2) is 9.31. The molecule has 1 amide bonds. The number of esters is 1. The number of para-hydroxylation sites is 1. The highest BCUT2D eigenvalue weighted by molar-refractivity contribution is 7.98. The number of benzene rings is 2. The molecule has 5 nitrogen and oxygen atoms in total. The van der Waals surface area contributed by atoms with Gasteiger partial charge in [0.15, 0.2) is 13.2 Å². The Balaban J connectivity index is 1.80. The molecular weight excluding hydrogens is 383 g/mol. The second-order valence-corrected chi connectivity index (χ2v) is 6.07. The van der Waals surface area contributed by atoms with Crippen molar-refractivity contribution in [3.63, 3.8) is 0 Å². The van der Waals surface area contributed by atoms with Crippen LogP contribution in [0.15, 0.2) is 53.4 Å². The van der Waals surface area contributed by atoms with Gasteiger partial charge in [0.25, 0.3) is 5.91 Å². The molecule has 0 heterocycles. The average molecular weight is 399 g/mol. The van der Waals surface area contributed by atoms with Crippen molar-refractivity contribution in [2.45, 2.75) is 11.1 Å². The quantitative estimate of drug-likeness (QED) is 0.564. The lowest BCUT2D eigenvalue weighted by atomic mass is 10.2. The van der Waals surface area contributed by atoms with E-state index < -0.39 is 36.8 Å².